The smallest absolute Gasteiger partial charge is 0.789 e. The number of likely N-dealkylation sites (tertiary alicyclic amines) is 1. The SMILES string of the molecule is CN1CCC([S-])CC1.[Na+]. The van der Waals surface area contributed by atoms with Crippen molar-refractivity contribution in [3.63, 3.8) is 0 Å². The van der Waals surface area contributed by atoms with Crippen molar-refractivity contribution < 1.29 is 29.6 Å². The molecule has 0 aromatic heterocycles. The van der Waals surface area contributed by atoms with E-state index in [0.717, 1.165) is 0 Å². The van der Waals surface area contributed by atoms with Gasteiger partial charge in [-0.2, -0.15) is 5.25 Å². The van der Waals surface area contributed by atoms with Crippen molar-refractivity contribution in [1.29, 1.82) is 0 Å². The molecule has 9 heavy (non-hydrogen) atoms. The Morgan fingerprint density at radius 1 is 1.33 bits per heavy atom. The Labute approximate surface area is 84.9 Å². The van der Waals surface area contributed by atoms with Crippen LogP contribution in [0, 0.1) is 0 Å². The molecule has 48 valence electrons. The van der Waals surface area contributed by atoms with E-state index in [9.17, 15) is 0 Å². The molecule has 0 aromatic carbocycles. The van der Waals surface area contributed by atoms with Crippen molar-refractivity contribution in [2.75, 3.05) is 20.1 Å². The maximum atomic E-state index is 5.12. The topological polar surface area (TPSA) is 3.24 Å². The van der Waals surface area contributed by atoms with Crippen molar-refractivity contribution in [3.8, 4) is 0 Å². The first-order valence-corrected chi connectivity index (χ1v) is 3.60. The fraction of sp³-hybridized carbons (Fsp3) is 1.00. The van der Waals surface area contributed by atoms with E-state index in [1.807, 2.05) is 0 Å². The quantitative estimate of drug-likeness (QED) is 0.283. The molecule has 1 saturated heterocycles. The molecule has 1 nitrogen and oxygen atoms in total. The van der Waals surface area contributed by atoms with Gasteiger partial charge in [0.05, 0.1) is 0 Å². The van der Waals surface area contributed by atoms with Crippen LogP contribution in [0.15, 0.2) is 0 Å². The number of hydrogen-bond donors (Lipinski definition) is 0. The van der Waals surface area contributed by atoms with Crippen LogP contribution in [-0.4, -0.2) is 30.3 Å². The number of rotatable bonds is 0. The zero-order valence-corrected chi connectivity index (χ0v) is 9.08. The molecular formula is C6H12NNaS. The molecule has 0 aliphatic carbocycles. The van der Waals surface area contributed by atoms with Gasteiger partial charge in [0.25, 0.3) is 0 Å². The van der Waals surface area contributed by atoms with Crippen LogP contribution >= 0.6 is 0 Å². The molecule has 0 amide bonds. The van der Waals surface area contributed by atoms with E-state index in [4.69, 9.17) is 12.6 Å². The molecular weight excluding hydrogens is 141 g/mol. The molecule has 0 radical (unpaired) electrons. The summed E-state index contributed by atoms with van der Waals surface area (Å²) < 4.78 is 0. The minimum absolute atomic E-state index is 0. The Morgan fingerprint density at radius 2 is 1.78 bits per heavy atom. The standard InChI is InChI=1S/C6H13NS.Na/c1-7-4-2-6(8)3-5-7;/h6,8H,2-5H2,1H3;/q;+1/p-1. The third-order valence-electron chi connectivity index (χ3n) is 1.67. The van der Waals surface area contributed by atoms with Gasteiger partial charge >= 0.3 is 29.6 Å². The Bertz CT molecular complexity index is 61.5. The molecule has 0 N–H and O–H groups in total. The molecule has 0 unspecified atom stereocenters. The molecule has 1 aliphatic heterocycles. The Morgan fingerprint density at radius 3 is 2.11 bits per heavy atom. The van der Waals surface area contributed by atoms with E-state index < -0.39 is 0 Å². The molecule has 0 spiro atoms. The average molecular weight is 153 g/mol. The predicted molar refractivity (Wildman–Crippen MR) is 37.9 cm³/mol. The monoisotopic (exact) mass is 153 g/mol. The van der Waals surface area contributed by atoms with Gasteiger partial charge in [-0.15, -0.1) is 0 Å². The largest absolute Gasteiger partial charge is 1.00 e. The Hall–Kier alpha value is 1.31. The van der Waals surface area contributed by atoms with Gasteiger partial charge < -0.3 is 17.5 Å². The molecule has 3 heteroatoms. The third kappa shape index (κ3) is 3.89. The van der Waals surface area contributed by atoms with E-state index in [1.165, 1.54) is 25.9 Å². The van der Waals surface area contributed by atoms with Gasteiger partial charge in [-0.3, -0.25) is 0 Å². The van der Waals surface area contributed by atoms with E-state index in [1.54, 1.807) is 0 Å². The van der Waals surface area contributed by atoms with Gasteiger partial charge in [0.1, 0.15) is 0 Å². The van der Waals surface area contributed by atoms with Gasteiger partial charge in [0.2, 0.25) is 0 Å². The minimum Gasteiger partial charge on any atom is -0.789 e. The predicted octanol–water partition coefficient (Wildman–Crippen LogP) is -2.37. The molecule has 1 aliphatic rings. The summed E-state index contributed by atoms with van der Waals surface area (Å²) in [5, 5.41) is 0.561. The van der Waals surface area contributed by atoms with E-state index in [0.29, 0.717) is 5.25 Å². The van der Waals surface area contributed by atoms with Crippen LogP contribution in [-0.2, 0) is 12.6 Å². The normalized spacial score (nSPS) is 23.3. The molecule has 0 atom stereocenters. The van der Waals surface area contributed by atoms with E-state index in [-0.39, 0.29) is 29.6 Å². The minimum atomic E-state index is 0. The second-order valence-corrected chi connectivity index (χ2v) is 3.17. The second kappa shape index (κ2) is 5.03. The number of nitrogens with zero attached hydrogens (tertiary/aromatic N) is 1. The summed E-state index contributed by atoms with van der Waals surface area (Å²) in [6.45, 7) is 2.41. The summed E-state index contributed by atoms with van der Waals surface area (Å²) >= 11 is 5.12. The van der Waals surface area contributed by atoms with Crippen molar-refractivity contribution in [1.82, 2.24) is 4.90 Å². The van der Waals surface area contributed by atoms with Crippen LogP contribution < -0.4 is 29.6 Å². The maximum absolute atomic E-state index is 5.12. The van der Waals surface area contributed by atoms with Crippen molar-refractivity contribution in [2.24, 2.45) is 0 Å². The molecule has 1 rings (SSSR count). The van der Waals surface area contributed by atoms with Gasteiger partial charge in [-0.05, 0) is 20.1 Å². The fourth-order valence-corrected chi connectivity index (χ4v) is 1.20. The molecule has 1 heterocycles. The molecule has 0 bridgehead atoms. The summed E-state index contributed by atoms with van der Waals surface area (Å²) in [5.74, 6) is 0. The second-order valence-electron chi connectivity index (χ2n) is 2.50. The van der Waals surface area contributed by atoms with Gasteiger partial charge in [0, 0.05) is 0 Å². The first-order chi connectivity index (χ1) is 3.79. The number of piperidine rings is 1. The summed E-state index contributed by atoms with van der Waals surface area (Å²) in [7, 11) is 2.15. The zero-order valence-electron chi connectivity index (χ0n) is 6.26. The van der Waals surface area contributed by atoms with E-state index >= 15 is 0 Å². The van der Waals surface area contributed by atoms with Gasteiger partial charge in [0.15, 0.2) is 0 Å². The fourth-order valence-electron chi connectivity index (χ4n) is 0.985. The first-order valence-electron chi connectivity index (χ1n) is 3.13. The van der Waals surface area contributed by atoms with Crippen LogP contribution in [0.4, 0.5) is 0 Å². The zero-order chi connectivity index (χ0) is 5.98. The summed E-state index contributed by atoms with van der Waals surface area (Å²) in [6.07, 6.45) is 2.43. The van der Waals surface area contributed by atoms with Crippen molar-refractivity contribution >= 4 is 12.6 Å². The van der Waals surface area contributed by atoms with Crippen molar-refractivity contribution in [3.05, 3.63) is 0 Å². The Balaban J connectivity index is 0.000000640. The van der Waals surface area contributed by atoms with Crippen LogP contribution in [0.1, 0.15) is 12.8 Å². The number of hydrogen-bond acceptors (Lipinski definition) is 2. The summed E-state index contributed by atoms with van der Waals surface area (Å²) in [6, 6.07) is 0. The first kappa shape index (κ1) is 10.3. The van der Waals surface area contributed by atoms with Crippen molar-refractivity contribution in [2.45, 2.75) is 18.1 Å². The third-order valence-corrected chi connectivity index (χ3v) is 2.14. The Kier molecular flexibility index (Phi) is 5.76. The van der Waals surface area contributed by atoms with Crippen LogP contribution in [0.2, 0.25) is 0 Å². The molecule has 0 saturated carbocycles. The van der Waals surface area contributed by atoms with Gasteiger partial charge in [-0.25, -0.2) is 0 Å². The average Bonchev–Trinajstić information content (AvgIpc) is 1.77. The summed E-state index contributed by atoms with van der Waals surface area (Å²) in [5.41, 5.74) is 0. The summed E-state index contributed by atoms with van der Waals surface area (Å²) in [4.78, 5) is 2.34. The molecule has 0 aromatic rings. The van der Waals surface area contributed by atoms with E-state index in [2.05, 4.69) is 11.9 Å². The van der Waals surface area contributed by atoms with Gasteiger partial charge in [-0.1, -0.05) is 12.8 Å². The van der Waals surface area contributed by atoms with Crippen LogP contribution in [0.3, 0.4) is 0 Å². The maximum Gasteiger partial charge on any atom is 1.00 e. The van der Waals surface area contributed by atoms with Crippen LogP contribution in [0.25, 0.3) is 0 Å². The molecule has 1 fully saturated rings. The van der Waals surface area contributed by atoms with Crippen LogP contribution in [0.5, 0.6) is 0 Å².